The summed E-state index contributed by atoms with van der Waals surface area (Å²) in [6, 6.07) is 6.56. The first-order valence-corrected chi connectivity index (χ1v) is 5.42. The van der Waals surface area contributed by atoms with Crippen LogP contribution in [0.15, 0.2) is 30.5 Å². The quantitative estimate of drug-likeness (QED) is 0.844. The molecule has 3 N–H and O–H groups in total. The Morgan fingerprint density at radius 1 is 1.35 bits per heavy atom. The van der Waals surface area contributed by atoms with Crippen molar-refractivity contribution in [3.8, 4) is 11.5 Å². The molecule has 5 heteroatoms. The van der Waals surface area contributed by atoms with Gasteiger partial charge in [-0.25, -0.2) is 0 Å². The highest BCUT2D eigenvalue weighted by Crippen LogP contribution is 2.19. The molecule has 0 aliphatic carbocycles. The highest BCUT2D eigenvalue weighted by molar-refractivity contribution is 5.38. The van der Waals surface area contributed by atoms with Crippen LogP contribution in [0.2, 0.25) is 0 Å². The molecule has 90 valence electrons. The second-order valence-electron chi connectivity index (χ2n) is 3.65. The summed E-state index contributed by atoms with van der Waals surface area (Å²) in [5, 5.41) is 13.3. The Balaban J connectivity index is 2.02. The van der Waals surface area contributed by atoms with Crippen molar-refractivity contribution in [2.45, 2.75) is 20.1 Å². The fourth-order valence-electron chi connectivity index (χ4n) is 1.50. The molecule has 2 rings (SSSR count). The highest BCUT2D eigenvalue weighted by Gasteiger charge is 2.06. The molecule has 0 atom stereocenters. The minimum Gasteiger partial charge on any atom is -0.508 e. The number of phenols is 1. The Morgan fingerprint density at radius 2 is 2.06 bits per heavy atom. The zero-order chi connectivity index (χ0) is 12.3. The maximum Gasteiger partial charge on any atom is 0.128 e. The number of rotatable bonds is 4. The van der Waals surface area contributed by atoms with Gasteiger partial charge in [-0.15, -0.1) is 0 Å². The third-order valence-electron chi connectivity index (χ3n) is 2.49. The fraction of sp³-hybridized carbons (Fsp3) is 0.250. The standard InChI is InChI=1S/C12H15N3O2/c1-2-15-12(13)9(7-14-15)8-17-11-5-3-10(16)4-6-11/h3-7,16H,2,8,13H2,1H3. The van der Waals surface area contributed by atoms with E-state index >= 15 is 0 Å². The van der Waals surface area contributed by atoms with Gasteiger partial charge in [0.15, 0.2) is 0 Å². The Labute approximate surface area is 99.4 Å². The second-order valence-corrected chi connectivity index (χ2v) is 3.65. The van der Waals surface area contributed by atoms with Crippen molar-refractivity contribution >= 4 is 5.82 Å². The molecule has 17 heavy (non-hydrogen) atoms. The molecule has 0 fully saturated rings. The molecule has 0 bridgehead atoms. The average Bonchev–Trinajstić information content (AvgIpc) is 2.69. The summed E-state index contributed by atoms with van der Waals surface area (Å²) in [6.07, 6.45) is 1.71. The maximum absolute atomic E-state index is 9.13. The molecule has 0 saturated carbocycles. The Morgan fingerprint density at radius 3 is 2.65 bits per heavy atom. The number of aryl methyl sites for hydroxylation is 1. The molecule has 0 spiro atoms. The number of benzene rings is 1. The minimum atomic E-state index is 0.218. The van der Waals surface area contributed by atoms with Crippen LogP contribution >= 0.6 is 0 Å². The molecule has 2 aromatic rings. The van der Waals surface area contributed by atoms with Gasteiger partial charge in [0.2, 0.25) is 0 Å². The Bertz CT molecular complexity index is 491. The van der Waals surface area contributed by atoms with Gasteiger partial charge in [-0.1, -0.05) is 0 Å². The van der Waals surface area contributed by atoms with Crippen LogP contribution in [0.3, 0.4) is 0 Å². The molecule has 5 nitrogen and oxygen atoms in total. The number of hydrogen-bond donors (Lipinski definition) is 2. The van der Waals surface area contributed by atoms with Crippen LogP contribution in [0, 0.1) is 0 Å². The molecule has 1 aromatic carbocycles. The van der Waals surface area contributed by atoms with E-state index in [1.54, 1.807) is 35.1 Å². The van der Waals surface area contributed by atoms with Gasteiger partial charge in [0.1, 0.15) is 23.9 Å². The van der Waals surface area contributed by atoms with Gasteiger partial charge in [0, 0.05) is 6.54 Å². The zero-order valence-electron chi connectivity index (χ0n) is 9.63. The van der Waals surface area contributed by atoms with Gasteiger partial charge in [0.25, 0.3) is 0 Å². The first-order valence-electron chi connectivity index (χ1n) is 5.42. The van der Waals surface area contributed by atoms with Crippen molar-refractivity contribution in [1.82, 2.24) is 9.78 Å². The van der Waals surface area contributed by atoms with E-state index in [2.05, 4.69) is 5.10 Å². The van der Waals surface area contributed by atoms with E-state index in [0.717, 1.165) is 12.1 Å². The summed E-state index contributed by atoms with van der Waals surface area (Å²) >= 11 is 0. The summed E-state index contributed by atoms with van der Waals surface area (Å²) in [7, 11) is 0. The summed E-state index contributed by atoms with van der Waals surface area (Å²) < 4.78 is 7.26. The summed E-state index contributed by atoms with van der Waals surface area (Å²) in [5.41, 5.74) is 6.74. The number of anilines is 1. The van der Waals surface area contributed by atoms with Crippen molar-refractivity contribution in [3.63, 3.8) is 0 Å². The van der Waals surface area contributed by atoms with Crippen LogP contribution in [0.5, 0.6) is 11.5 Å². The van der Waals surface area contributed by atoms with Gasteiger partial charge in [0.05, 0.1) is 11.8 Å². The minimum absolute atomic E-state index is 0.218. The molecule has 0 saturated heterocycles. The maximum atomic E-state index is 9.13. The third kappa shape index (κ3) is 2.50. The monoisotopic (exact) mass is 233 g/mol. The van der Waals surface area contributed by atoms with E-state index in [1.165, 1.54) is 0 Å². The first kappa shape index (κ1) is 11.3. The lowest BCUT2D eigenvalue weighted by atomic mass is 10.3. The van der Waals surface area contributed by atoms with Crippen LogP contribution in [0.4, 0.5) is 5.82 Å². The number of nitrogens with two attached hydrogens (primary N) is 1. The molecule has 0 amide bonds. The Kier molecular flexibility index (Phi) is 3.18. The Hall–Kier alpha value is -2.17. The smallest absolute Gasteiger partial charge is 0.128 e. The summed E-state index contributed by atoms with van der Waals surface area (Å²) in [4.78, 5) is 0. The van der Waals surface area contributed by atoms with Crippen LogP contribution in [-0.2, 0) is 13.2 Å². The number of phenolic OH excluding ortho intramolecular Hbond substituents is 1. The highest BCUT2D eigenvalue weighted by atomic mass is 16.5. The van der Waals surface area contributed by atoms with Crippen molar-refractivity contribution in [2.75, 3.05) is 5.73 Å². The number of nitrogen functional groups attached to an aromatic ring is 1. The number of ether oxygens (including phenoxy) is 1. The van der Waals surface area contributed by atoms with E-state index in [4.69, 9.17) is 15.6 Å². The normalized spacial score (nSPS) is 10.4. The number of nitrogens with zero attached hydrogens (tertiary/aromatic N) is 2. The molecular weight excluding hydrogens is 218 g/mol. The molecule has 0 aliphatic heterocycles. The summed E-state index contributed by atoms with van der Waals surface area (Å²) in [5.74, 6) is 1.54. The third-order valence-corrected chi connectivity index (χ3v) is 2.49. The molecule has 1 aromatic heterocycles. The van der Waals surface area contributed by atoms with Crippen molar-refractivity contribution < 1.29 is 9.84 Å². The van der Waals surface area contributed by atoms with Crippen molar-refractivity contribution in [1.29, 1.82) is 0 Å². The number of aromatic hydroxyl groups is 1. The van der Waals surface area contributed by atoms with Gasteiger partial charge < -0.3 is 15.6 Å². The van der Waals surface area contributed by atoms with E-state index in [-0.39, 0.29) is 5.75 Å². The lowest BCUT2D eigenvalue weighted by Crippen LogP contribution is -2.04. The first-order chi connectivity index (χ1) is 8.20. The molecule has 1 heterocycles. The second kappa shape index (κ2) is 4.78. The van der Waals surface area contributed by atoms with Crippen LogP contribution < -0.4 is 10.5 Å². The predicted octanol–water partition coefficient (Wildman–Crippen LogP) is 1.77. The van der Waals surface area contributed by atoms with Crippen molar-refractivity contribution in [3.05, 3.63) is 36.0 Å². The number of hydrogen-bond acceptors (Lipinski definition) is 4. The molecule has 0 unspecified atom stereocenters. The van der Waals surface area contributed by atoms with Crippen LogP contribution in [-0.4, -0.2) is 14.9 Å². The lowest BCUT2D eigenvalue weighted by Gasteiger charge is -2.06. The predicted molar refractivity (Wildman–Crippen MR) is 64.8 cm³/mol. The topological polar surface area (TPSA) is 73.3 Å². The van der Waals surface area contributed by atoms with E-state index in [9.17, 15) is 0 Å². The van der Waals surface area contributed by atoms with Crippen LogP contribution in [0.1, 0.15) is 12.5 Å². The molecule has 0 aliphatic rings. The number of aromatic nitrogens is 2. The van der Waals surface area contributed by atoms with Gasteiger partial charge in [-0.2, -0.15) is 5.10 Å². The largest absolute Gasteiger partial charge is 0.508 e. The van der Waals surface area contributed by atoms with Gasteiger partial charge >= 0.3 is 0 Å². The van der Waals surface area contributed by atoms with E-state index in [0.29, 0.717) is 18.2 Å². The van der Waals surface area contributed by atoms with Crippen molar-refractivity contribution in [2.24, 2.45) is 0 Å². The van der Waals surface area contributed by atoms with Crippen LogP contribution in [0.25, 0.3) is 0 Å². The molecular formula is C12H15N3O2. The van der Waals surface area contributed by atoms with E-state index < -0.39 is 0 Å². The SMILES string of the molecule is CCn1ncc(COc2ccc(O)cc2)c1N. The summed E-state index contributed by atoms with van der Waals surface area (Å²) in [6.45, 7) is 3.09. The zero-order valence-corrected chi connectivity index (χ0v) is 9.63. The van der Waals surface area contributed by atoms with Gasteiger partial charge in [-0.05, 0) is 31.2 Å². The molecule has 0 radical (unpaired) electrons. The fourth-order valence-corrected chi connectivity index (χ4v) is 1.50. The lowest BCUT2D eigenvalue weighted by molar-refractivity contribution is 0.306. The van der Waals surface area contributed by atoms with Gasteiger partial charge in [-0.3, -0.25) is 4.68 Å². The van der Waals surface area contributed by atoms with E-state index in [1.807, 2.05) is 6.92 Å². The average molecular weight is 233 g/mol.